The van der Waals surface area contributed by atoms with Crippen LogP contribution in [0.2, 0.25) is 0 Å². The Hall–Kier alpha value is -1.42. The molecule has 0 aliphatic carbocycles. The zero-order valence-electron chi connectivity index (χ0n) is 8.02. The van der Waals surface area contributed by atoms with Crippen LogP contribution in [0.4, 0.5) is 22.0 Å². The second kappa shape index (κ2) is 4.84. The molecular formula is C9H4ClF5N2. The predicted molar refractivity (Wildman–Crippen MR) is 48.5 cm³/mol. The van der Waals surface area contributed by atoms with Crippen LogP contribution in [0.3, 0.4) is 0 Å². The van der Waals surface area contributed by atoms with E-state index < -0.39 is 35.3 Å². The van der Waals surface area contributed by atoms with Crippen molar-refractivity contribution in [3.05, 3.63) is 28.6 Å². The maximum atomic E-state index is 12.6. The number of pyridine rings is 1. The first-order chi connectivity index (χ1) is 7.82. The summed E-state index contributed by atoms with van der Waals surface area (Å²) in [6, 6.07) is 1.47. The third-order valence-electron chi connectivity index (χ3n) is 1.97. The lowest BCUT2D eigenvalue weighted by molar-refractivity contribution is -0.143. The first-order valence-electron chi connectivity index (χ1n) is 4.16. The van der Waals surface area contributed by atoms with Gasteiger partial charge in [-0.1, -0.05) is 0 Å². The van der Waals surface area contributed by atoms with E-state index in [1.165, 1.54) is 6.07 Å². The van der Waals surface area contributed by atoms with Gasteiger partial charge in [0.1, 0.15) is 6.07 Å². The molecule has 17 heavy (non-hydrogen) atoms. The van der Waals surface area contributed by atoms with Gasteiger partial charge in [0.05, 0.1) is 11.1 Å². The zero-order valence-corrected chi connectivity index (χ0v) is 8.78. The number of nitrogens with zero attached hydrogens (tertiary/aromatic N) is 2. The third kappa shape index (κ3) is 2.64. The lowest BCUT2D eigenvalue weighted by Crippen LogP contribution is -2.15. The zero-order chi connectivity index (χ0) is 13.2. The van der Waals surface area contributed by atoms with Gasteiger partial charge in [-0.3, -0.25) is 0 Å². The molecule has 92 valence electrons. The molecule has 0 saturated carbocycles. The van der Waals surface area contributed by atoms with Crippen LogP contribution in [-0.2, 0) is 12.1 Å². The second-order valence-electron chi connectivity index (χ2n) is 2.96. The van der Waals surface area contributed by atoms with Gasteiger partial charge in [0.2, 0.25) is 0 Å². The minimum atomic E-state index is -5.01. The average molecular weight is 271 g/mol. The monoisotopic (exact) mass is 270 g/mol. The Bertz CT molecular complexity index is 464. The summed E-state index contributed by atoms with van der Waals surface area (Å²) < 4.78 is 62.5. The summed E-state index contributed by atoms with van der Waals surface area (Å²) in [6.45, 7) is 0. The van der Waals surface area contributed by atoms with Crippen molar-refractivity contribution in [1.82, 2.24) is 4.98 Å². The molecule has 1 aromatic heterocycles. The number of aromatic nitrogens is 1. The highest BCUT2D eigenvalue weighted by molar-refractivity contribution is 6.17. The van der Waals surface area contributed by atoms with Crippen molar-refractivity contribution in [3.63, 3.8) is 0 Å². The molecule has 1 rings (SSSR count). The van der Waals surface area contributed by atoms with Crippen molar-refractivity contribution in [3.8, 4) is 6.07 Å². The second-order valence-corrected chi connectivity index (χ2v) is 3.22. The molecule has 1 heterocycles. The van der Waals surface area contributed by atoms with Crippen molar-refractivity contribution in [2.24, 2.45) is 0 Å². The van der Waals surface area contributed by atoms with Crippen LogP contribution in [0.25, 0.3) is 0 Å². The maximum absolute atomic E-state index is 12.6. The lowest BCUT2D eigenvalue weighted by atomic mass is 10.0. The molecule has 0 unspecified atom stereocenters. The van der Waals surface area contributed by atoms with Gasteiger partial charge in [-0.15, -0.1) is 11.6 Å². The summed E-state index contributed by atoms with van der Waals surface area (Å²) in [7, 11) is 0. The summed E-state index contributed by atoms with van der Waals surface area (Å²) in [4.78, 5) is 2.86. The van der Waals surface area contributed by atoms with E-state index in [0.29, 0.717) is 6.20 Å². The quantitative estimate of drug-likeness (QED) is 0.607. The molecule has 0 radical (unpaired) electrons. The molecule has 1 aromatic rings. The Morgan fingerprint density at radius 2 is 2.00 bits per heavy atom. The molecule has 0 N–H and O–H groups in total. The molecule has 0 bridgehead atoms. The Kier molecular flexibility index (Phi) is 3.88. The van der Waals surface area contributed by atoms with Gasteiger partial charge in [-0.2, -0.15) is 18.4 Å². The largest absolute Gasteiger partial charge is 0.433 e. The predicted octanol–water partition coefficient (Wildman–Crippen LogP) is 3.65. The van der Waals surface area contributed by atoms with E-state index in [2.05, 4.69) is 4.98 Å². The van der Waals surface area contributed by atoms with Crippen molar-refractivity contribution in [2.75, 3.05) is 0 Å². The molecule has 2 nitrogen and oxygen atoms in total. The highest BCUT2D eigenvalue weighted by Gasteiger charge is 2.39. The van der Waals surface area contributed by atoms with E-state index in [9.17, 15) is 22.0 Å². The van der Waals surface area contributed by atoms with E-state index in [4.69, 9.17) is 16.9 Å². The van der Waals surface area contributed by atoms with Crippen LogP contribution in [0.5, 0.6) is 0 Å². The molecule has 0 saturated heterocycles. The van der Waals surface area contributed by atoms with E-state index >= 15 is 0 Å². The smallest absolute Gasteiger partial charge is 0.250 e. The summed E-state index contributed by atoms with van der Waals surface area (Å²) in [6.07, 6.45) is -7.83. The molecule has 8 heteroatoms. The Morgan fingerprint density at radius 3 is 2.35 bits per heavy atom. The molecule has 0 fully saturated rings. The minimum absolute atomic E-state index is 0.386. The lowest BCUT2D eigenvalue weighted by Gasteiger charge is -2.15. The fraction of sp³-hybridized carbons (Fsp3) is 0.333. The van der Waals surface area contributed by atoms with E-state index in [1.54, 1.807) is 0 Å². The first-order valence-corrected chi connectivity index (χ1v) is 4.69. The summed E-state index contributed by atoms with van der Waals surface area (Å²) in [5.41, 5.74) is -3.96. The fourth-order valence-electron chi connectivity index (χ4n) is 1.27. The standard InChI is InChI=1S/C9H4ClF5N2/c10-1-5-4(2-16)3-17-7(9(13,14)15)6(5)8(11)12/h3,8H,1H2. The molecule has 0 aliphatic rings. The number of rotatable bonds is 2. The van der Waals surface area contributed by atoms with Gasteiger partial charge in [-0.05, 0) is 5.56 Å². The fourth-order valence-corrected chi connectivity index (χ4v) is 1.55. The normalized spacial score (nSPS) is 11.6. The van der Waals surface area contributed by atoms with E-state index in [0.717, 1.165) is 0 Å². The Balaban J connectivity index is 3.61. The Morgan fingerprint density at radius 1 is 1.41 bits per heavy atom. The minimum Gasteiger partial charge on any atom is -0.250 e. The van der Waals surface area contributed by atoms with Gasteiger partial charge in [0.15, 0.2) is 5.69 Å². The molecule has 0 aromatic carbocycles. The van der Waals surface area contributed by atoms with Crippen LogP contribution in [-0.4, -0.2) is 4.98 Å². The highest BCUT2D eigenvalue weighted by atomic mass is 35.5. The van der Waals surface area contributed by atoms with Crippen molar-refractivity contribution >= 4 is 11.6 Å². The molecule has 0 amide bonds. The highest BCUT2D eigenvalue weighted by Crippen LogP contribution is 2.38. The van der Waals surface area contributed by atoms with Crippen LogP contribution in [0.1, 0.15) is 28.8 Å². The van der Waals surface area contributed by atoms with Gasteiger partial charge < -0.3 is 0 Å². The van der Waals surface area contributed by atoms with Crippen LogP contribution < -0.4 is 0 Å². The van der Waals surface area contributed by atoms with Crippen molar-refractivity contribution in [2.45, 2.75) is 18.5 Å². The number of alkyl halides is 6. The van der Waals surface area contributed by atoms with Gasteiger partial charge in [0.25, 0.3) is 6.43 Å². The first kappa shape index (κ1) is 13.6. The van der Waals surface area contributed by atoms with E-state index in [-0.39, 0.29) is 5.56 Å². The van der Waals surface area contributed by atoms with Crippen LogP contribution in [0, 0.1) is 11.3 Å². The molecule has 0 spiro atoms. The number of hydrogen-bond acceptors (Lipinski definition) is 2. The average Bonchev–Trinajstić information content (AvgIpc) is 2.25. The summed E-state index contributed by atoms with van der Waals surface area (Å²) in [5, 5.41) is 8.57. The number of halogens is 6. The topological polar surface area (TPSA) is 36.7 Å². The molecule has 0 aliphatic heterocycles. The van der Waals surface area contributed by atoms with Crippen molar-refractivity contribution < 1.29 is 22.0 Å². The summed E-state index contributed by atoms with van der Waals surface area (Å²) in [5.74, 6) is -0.617. The molecular weight excluding hydrogens is 267 g/mol. The number of hydrogen-bond donors (Lipinski definition) is 0. The van der Waals surface area contributed by atoms with Gasteiger partial charge >= 0.3 is 6.18 Å². The van der Waals surface area contributed by atoms with Gasteiger partial charge in [0, 0.05) is 12.1 Å². The van der Waals surface area contributed by atoms with E-state index in [1.807, 2.05) is 0 Å². The van der Waals surface area contributed by atoms with Gasteiger partial charge in [-0.25, -0.2) is 13.8 Å². The Labute approximate surface area is 97.6 Å². The van der Waals surface area contributed by atoms with Crippen LogP contribution >= 0.6 is 11.6 Å². The SMILES string of the molecule is N#Cc1cnc(C(F)(F)F)c(C(F)F)c1CCl. The third-order valence-corrected chi connectivity index (χ3v) is 2.24. The maximum Gasteiger partial charge on any atom is 0.433 e. The summed E-state index contributed by atoms with van der Waals surface area (Å²) >= 11 is 5.30. The number of nitriles is 1. The van der Waals surface area contributed by atoms with Crippen LogP contribution in [0.15, 0.2) is 6.20 Å². The molecule has 0 atom stereocenters. The van der Waals surface area contributed by atoms with Crippen molar-refractivity contribution in [1.29, 1.82) is 5.26 Å².